The van der Waals surface area contributed by atoms with E-state index >= 15 is 0 Å². The van der Waals surface area contributed by atoms with Crippen molar-refractivity contribution in [2.75, 3.05) is 6.61 Å². The average Bonchev–Trinajstić information content (AvgIpc) is 2.54. The Kier molecular flexibility index (Phi) is 5.19. The van der Waals surface area contributed by atoms with E-state index in [9.17, 15) is 0 Å². The standard InChI is InChI=1S/C17H18N2O2/c1-2-20-17-9-13(10-18)7-8-16(17)21-12-15-6-4-3-5-14(15)11-19/h3-9H,2,10,12,18H2,1H3. The van der Waals surface area contributed by atoms with Crippen LogP contribution in [-0.2, 0) is 13.2 Å². The van der Waals surface area contributed by atoms with E-state index in [1.807, 2.05) is 43.3 Å². The Morgan fingerprint density at radius 3 is 2.62 bits per heavy atom. The number of ether oxygens (including phenoxy) is 2. The van der Waals surface area contributed by atoms with Crippen LogP contribution in [0, 0.1) is 11.3 Å². The molecule has 0 heterocycles. The SMILES string of the molecule is CCOc1cc(CN)ccc1OCc1ccccc1C#N. The van der Waals surface area contributed by atoms with Crippen LogP contribution in [0.15, 0.2) is 42.5 Å². The minimum atomic E-state index is 0.325. The predicted molar refractivity (Wildman–Crippen MR) is 81.0 cm³/mol. The van der Waals surface area contributed by atoms with Crippen LogP contribution in [0.2, 0.25) is 0 Å². The van der Waals surface area contributed by atoms with Crippen molar-refractivity contribution in [3.63, 3.8) is 0 Å². The first-order chi connectivity index (χ1) is 10.3. The fraction of sp³-hybridized carbons (Fsp3) is 0.235. The second-order valence-electron chi connectivity index (χ2n) is 4.48. The molecule has 0 aliphatic rings. The Labute approximate surface area is 124 Å². The summed E-state index contributed by atoms with van der Waals surface area (Å²) in [7, 11) is 0. The Bertz CT molecular complexity index is 647. The number of nitrogens with zero attached hydrogens (tertiary/aromatic N) is 1. The molecule has 4 nitrogen and oxygen atoms in total. The second-order valence-corrected chi connectivity index (χ2v) is 4.48. The van der Waals surface area contributed by atoms with Gasteiger partial charge in [0.1, 0.15) is 6.61 Å². The molecule has 0 saturated carbocycles. The Balaban J connectivity index is 2.17. The minimum absolute atomic E-state index is 0.325. The highest BCUT2D eigenvalue weighted by atomic mass is 16.5. The molecule has 2 aromatic carbocycles. The number of nitriles is 1. The maximum atomic E-state index is 9.08. The van der Waals surface area contributed by atoms with E-state index in [0.29, 0.717) is 36.8 Å². The van der Waals surface area contributed by atoms with Gasteiger partial charge in [0.05, 0.1) is 18.2 Å². The van der Waals surface area contributed by atoms with Gasteiger partial charge in [0, 0.05) is 12.1 Å². The number of nitrogens with two attached hydrogens (primary N) is 1. The molecule has 2 rings (SSSR count). The van der Waals surface area contributed by atoms with Gasteiger partial charge in [-0.1, -0.05) is 24.3 Å². The molecule has 0 unspecified atom stereocenters. The van der Waals surface area contributed by atoms with Crippen LogP contribution in [-0.4, -0.2) is 6.61 Å². The molecule has 0 aromatic heterocycles. The normalized spacial score (nSPS) is 9.95. The lowest BCUT2D eigenvalue weighted by Gasteiger charge is -2.13. The van der Waals surface area contributed by atoms with Gasteiger partial charge in [0.25, 0.3) is 0 Å². The van der Waals surface area contributed by atoms with Gasteiger partial charge in [-0.2, -0.15) is 5.26 Å². The van der Waals surface area contributed by atoms with Gasteiger partial charge >= 0.3 is 0 Å². The minimum Gasteiger partial charge on any atom is -0.490 e. The van der Waals surface area contributed by atoms with Crippen molar-refractivity contribution in [1.29, 1.82) is 5.26 Å². The van der Waals surface area contributed by atoms with Crippen molar-refractivity contribution in [3.05, 3.63) is 59.2 Å². The van der Waals surface area contributed by atoms with Crippen LogP contribution in [0.3, 0.4) is 0 Å². The third-order valence-electron chi connectivity index (χ3n) is 3.06. The van der Waals surface area contributed by atoms with E-state index in [2.05, 4.69) is 6.07 Å². The maximum absolute atomic E-state index is 9.08. The van der Waals surface area contributed by atoms with Gasteiger partial charge in [0.2, 0.25) is 0 Å². The smallest absolute Gasteiger partial charge is 0.161 e. The highest BCUT2D eigenvalue weighted by molar-refractivity contribution is 5.44. The quantitative estimate of drug-likeness (QED) is 0.884. The Morgan fingerprint density at radius 2 is 1.90 bits per heavy atom. The maximum Gasteiger partial charge on any atom is 0.161 e. The van der Waals surface area contributed by atoms with Crippen LogP contribution >= 0.6 is 0 Å². The topological polar surface area (TPSA) is 68.3 Å². The lowest BCUT2D eigenvalue weighted by molar-refractivity contribution is 0.269. The first kappa shape index (κ1) is 14.9. The van der Waals surface area contributed by atoms with E-state index in [1.165, 1.54) is 0 Å². The lowest BCUT2D eigenvalue weighted by Crippen LogP contribution is -2.03. The van der Waals surface area contributed by atoms with Crippen LogP contribution in [0.25, 0.3) is 0 Å². The summed E-state index contributed by atoms with van der Waals surface area (Å²) in [4.78, 5) is 0. The van der Waals surface area contributed by atoms with Gasteiger partial charge in [-0.15, -0.1) is 0 Å². The molecular weight excluding hydrogens is 264 g/mol. The number of rotatable bonds is 6. The van der Waals surface area contributed by atoms with Crippen LogP contribution in [0.4, 0.5) is 0 Å². The molecule has 2 aromatic rings. The van der Waals surface area contributed by atoms with Crippen molar-refractivity contribution in [1.82, 2.24) is 0 Å². The van der Waals surface area contributed by atoms with E-state index in [0.717, 1.165) is 11.1 Å². The average molecular weight is 282 g/mol. The molecule has 0 radical (unpaired) electrons. The third-order valence-corrected chi connectivity index (χ3v) is 3.06. The molecule has 108 valence electrons. The van der Waals surface area contributed by atoms with Gasteiger partial charge in [-0.05, 0) is 30.7 Å². The summed E-state index contributed by atoms with van der Waals surface area (Å²) >= 11 is 0. The van der Waals surface area contributed by atoms with Crippen molar-refractivity contribution >= 4 is 0 Å². The highest BCUT2D eigenvalue weighted by Gasteiger charge is 2.08. The second kappa shape index (κ2) is 7.32. The molecule has 0 amide bonds. The molecule has 4 heteroatoms. The van der Waals surface area contributed by atoms with E-state index in [4.69, 9.17) is 20.5 Å². The van der Waals surface area contributed by atoms with Gasteiger partial charge in [-0.3, -0.25) is 0 Å². The monoisotopic (exact) mass is 282 g/mol. The first-order valence-corrected chi connectivity index (χ1v) is 6.85. The van der Waals surface area contributed by atoms with Crippen molar-refractivity contribution in [2.24, 2.45) is 5.73 Å². The molecule has 0 atom stereocenters. The number of benzene rings is 2. The summed E-state index contributed by atoms with van der Waals surface area (Å²) in [5.41, 5.74) is 8.10. The molecule has 0 spiro atoms. The van der Waals surface area contributed by atoms with Crippen molar-refractivity contribution < 1.29 is 9.47 Å². The zero-order valence-corrected chi connectivity index (χ0v) is 12.0. The predicted octanol–water partition coefficient (Wildman–Crippen LogP) is 2.99. The summed E-state index contributed by atoms with van der Waals surface area (Å²) in [6.07, 6.45) is 0. The van der Waals surface area contributed by atoms with Gasteiger partial charge in [-0.25, -0.2) is 0 Å². The van der Waals surface area contributed by atoms with Crippen LogP contribution < -0.4 is 15.2 Å². The molecule has 0 fully saturated rings. The number of hydrogen-bond donors (Lipinski definition) is 1. The largest absolute Gasteiger partial charge is 0.490 e. The summed E-state index contributed by atoms with van der Waals surface area (Å²) in [6.45, 7) is 3.26. The van der Waals surface area contributed by atoms with Gasteiger partial charge in [0.15, 0.2) is 11.5 Å². The molecule has 0 aliphatic heterocycles. The van der Waals surface area contributed by atoms with Crippen molar-refractivity contribution in [3.8, 4) is 17.6 Å². The Hall–Kier alpha value is -2.51. The van der Waals surface area contributed by atoms with Crippen LogP contribution in [0.1, 0.15) is 23.6 Å². The third kappa shape index (κ3) is 3.74. The lowest BCUT2D eigenvalue weighted by atomic mass is 10.1. The molecule has 0 aliphatic carbocycles. The highest BCUT2D eigenvalue weighted by Crippen LogP contribution is 2.29. The zero-order valence-electron chi connectivity index (χ0n) is 12.0. The summed E-state index contributed by atoms with van der Waals surface area (Å²) in [5.74, 6) is 1.33. The summed E-state index contributed by atoms with van der Waals surface area (Å²) < 4.78 is 11.4. The fourth-order valence-electron chi connectivity index (χ4n) is 1.98. The van der Waals surface area contributed by atoms with E-state index < -0.39 is 0 Å². The van der Waals surface area contributed by atoms with E-state index in [-0.39, 0.29) is 0 Å². The molecule has 2 N–H and O–H groups in total. The molecule has 0 saturated heterocycles. The molecular formula is C17H18N2O2. The molecule has 21 heavy (non-hydrogen) atoms. The fourth-order valence-corrected chi connectivity index (χ4v) is 1.98. The molecule has 0 bridgehead atoms. The van der Waals surface area contributed by atoms with Crippen LogP contribution in [0.5, 0.6) is 11.5 Å². The zero-order chi connectivity index (χ0) is 15.1. The summed E-state index contributed by atoms with van der Waals surface area (Å²) in [6, 6.07) is 15.2. The van der Waals surface area contributed by atoms with E-state index in [1.54, 1.807) is 6.07 Å². The Morgan fingerprint density at radius 1 is 1.10 bits per heavy atom. The summed E-state index contributed by atoms with van der Waals surface area (Å²) in [5, 5.41) is 9.08. The van der Waals surface area contributed by atoms with Crippen molar-refractivity contribution in [2.45, 2.75) is 20.1 Å². The number of hydrogen-bond acceptors (Lipinski definition) is 4. The first-order valence-electron chi connectivity index (χ1n) is 6.85. The van der Waals surface area contributed by atoms with Gasteiger partial charge < -0.3 is 15.2 Å².